The lowest BCUT2D eigenvalue weighted by Crippen LogP contribution is -2.44. The molecule has 2 heterocycles. The zero-order chi connectivity index (χ0) is 17.7. The first-order valence-corrected chi connectivity index (χ1v) is 7.77. The number of alkyl halides is 6. The van der Waals surface area contributed by atoms with Gasteiger partial charge in [0.05, 0.1) is 17.2 Å². The highest BCUT2D eigenvalue weighted by molar-refractivity contribution is 5.35. The molecule has 1 aromatic rings. The van der Waals surface area contributed by atoms with Crippen molar-refractivity contribution in [2.45, 2.75) is 62.8 Å². The van der Waals surface area contributed by atoms with Gasteiger partial charge in [0, 0.05) is 18.6 Å². The van der Waals surface area contributed by atoms with Crippen LogP contribution in [0.4, 0.5) is 26.3 Å². The van der Waals surface area contributed by atoms with Gasteiger partial charge in [-0.15, -0.1) is 0 Å². The molecule has 2 aliphatic rings. The molecule has 2 saturated heterocycles. The lowest BCUT2D eigenvalue weighted by atomic mass is 9.97. The van der Waals surface area contributed by atoms with Crippen LogP contribution in [0.2, 0.25) is 0 Å². The fourth-order valence-corrected chi connectivity index (χ4v) is 3.85. The van der Waals surface area contributed by atoms with Crippen molar-refractivity contribution in [1.82, 2.24) is 4.90 Å². The second-order valence-corrected chi connectivity index (χ2v) is 6.55. The second kappa shape index (κ2) is 5.91. The molecule has 1 N–H and O–H groups in total. The number of aliphatic hydroxyl groups excluding tert-OH is 1. The molecule has 2 bridgehead atoms. The van der Waals surface area contributed by atoms with Crippen LogP contribution in [0.1, 0.15) is 42.4 Å². The zero-order valence-electron chi connectivity index (χ0n) is 12.7. The van der Waals surface area contributed by atoms with Crippen LogP contribution in [0.3, 0.4) is 0 Å². The number of nitrogens with zero attached hydrogens (tertiary/aromatic N) is 1. The number of benzene rings is 1. The van der Waals surface area contributed by atoms with E-state index in [1.54, 1.807) is 0 Å². The summed E-state index contributed by atoms with van der Waals surface area (Å²) < 4.78 is 77.8. The minimum Gasteiger partial charge on any atom is -0.393 e. The van der Waals surface area contributed by atoms with Gasteiger partial charge in [0.25, 0.3) is 0 Å². The molecule has 2 aliphatic heterocycles. The van der Waals surface area contributed by atoms with Crippen molar-refractivity contribution >= 4 is 0 Å². The Balaban J connectivity index is 1.91. The molecular weight excluding hydrogens is 336 g/mol. The van der Waals surface area contributed by atoms with Crippen molar-refractivity contribution in [3.05, 3.63) is 34.9 Å². The van der Waals surface area contributed by atoms with Gasteiger partial charge in [-0.2, -0.15) is 26.3 Å². The Morgan fingerprint density at radius 1 is 0.958 bits per heavy atom. The highest BCUT2D eigenvalue weighted by atomic mass is 19.4. The van der Waals surface area contributed by atoms with Gasteiger partial charge in [0.2, 0.25) is 0 Å². The summed E-state index contributed by atoms with van der Waals surface area (Å²) in [6, 6.07) is 1.79. The van der Waals surface area contributed by atoms with E-state index in [0.29, 0.717) is 18.9 Å². The van der Waals surface area contributed by atoms with Gasteiger partial charge in [0.1, 0.15) is 0 Å². The standard InChI is InChI=1S/C16H17F6NO/c17-15(18,19)10-2-1-9(14(5-10)16(20,21)22)8-23-11-3-4-12(23)7-13(24)6-11/h1-2,5,11-13,24H,3-4,6-8H2. The summed E-state index contributed by atoms with van der Waals surface area (Å²) >= 11 is 0. The molecule has 134 valence electrons. The van der Waals surface area contributed by atoms with Crippen molar-refractivity contribution in [1.29, 1.82) is 0 Å². The van der Waals surface area contributed by atoms with Crippen molar-refractivity contribution in [3.63, 3.8) is 0 Å². The zero-order valence-corrected chi connectivity index (χ0v) is 12.7. The van der Waals surface area contributed by atoms with Gasteiger partial charge in [-0.3, -0.25) is 4.90 Å². The van der Waals surface area contributed by atoms with E-state index in [9.17, 15) is 31.4 Å². The Bertz CT molecular complexity index is 598. The summed E-state index contributed by atoms with van der Waals surface area (Å²) in [7, 11) is 0. The Kier molecular flexibility index (Phi) is 4.32. The quantitative estimate of drug-likeness (QED) is 0.805. The lowest BCUT2D eigenvalue weighted by molar-refractivity contribution is -0.143. The normalized spacial score (nSPS) is 28.4. The van der Waals surface area contributed by atoms with Crippen LogP contribution in [-0.2, 0) is 18.9 Å². The van der Waals surface area contributed by atoms with E-state index < -0.39 is 29.6 Å². The molecular formula is C16H17F6NO. The third-order valence-corrected chi connectivity index (χ3v) is 4.95. The van der Waals surface area contributed by atoms with Crippen molar-refractivity contribution in [3.8, 4) is 0 Å². The Hall–Kier alpha value is -1.28. The third kappa shape index (κ3) is 3.39. The number of rotatable bonds is 2. The Morgan fingerprint density at radius 3 is 2.04 bits per heavy atom. The number of halogens is 6. The summed E-state index contributed by atoms with van der Waals surface area (Å²) in [5, 5.41) is 9.75. The first-order chi connectivity index (χ1) is 11.1. The molecule has 2 unspecified atom stereocenters. The number of hydrogen-bond acceptors (Lipinski definition) is 2. The van der Waals surface area contributed by atoms with E-state index in [2.05, 4.69) is 0 Å². The summed E-state index contributed by atoms with van der Waals surface area (Å²) in [4.78, 5) is 1.89. The van der Waals surface area contributed by atoms with Crippen LogP contribution in [0.5, 0.6) is 0 Å². The average molecular weight is 353 g/mol. The van der Waals surface area contributed by atoms with Gasteiger partial charge in [-0.05, 0) is 43.4 Å². The van der Waals surface area contributed by atoms with Crippen molar-refractivity contribution in [2.75, 3.05) is 0 Å². The number of fused-ring (bicyclic) bond motifs is 2. The Morgan fingerprint density at radius 2 is 1.54 bits per heavy atom. The maximum atomic E-state index is 13.2. The topological polar surface area (TPSA) is 23.5 Å². The van der Waals surface area contributed by atoms with Crippen molar-refractivity contribution in [2.24, 2.45) is 0 Å². The van der Waals surface area contributed by atoms with Crippen molar-refractivity contribution < 1.29 is 31.4 Å². The molecule has 0 saturated carbocycles. The van der Waals surface area contributed by atoms with E-state index in [0.717, 1.165) is 18.9 Å². The molecule has 2 fully saturated rings. The van der Waals surface area contributed by atoms with E-state index in [4.69, 9.17) is 0 Å². The Labute approximate surface area is 135 Å². The molecule has 3 rings (SSSR count). The molecule has 2 nitrogen and oxygen atoms in total. The van der Waals surface area contributed by atoms with E-state index in [1.807, 2.05) is 4.90 Å². The molecule has 0 aromatic heterocycles. The number of piperidine rings is 1. The molecule has 2 atom stereocenters. The highest BCUT2D eigenvalue weighted by Gasteiger charge is 2.42. The summed E-state index contributed by atoms with van der Waals surface area (Å²) in [6.07, 6.45) is -7.52. The summed E-state index contributed by atoms with van der Waals surface area (Å²) in [6.45, 7) is -0.0466. The second-order valence-electron chi connectivity index (χ2n) is 6.55. The molecule has 0 aliphatic carbocycles. The van der Waals surface area contributed by atoms with Gasteiger partial charge in [0.15, 0.2) is 0 Å². The largest absolute Gasteiger partial charge is 0.416 e. The number of aliphatic hydroxyl groups is 1. The number of hydrogen-bond donors (Lipinski definition) is 1. The molecule has 0 radical (unpaired) electrons. The van der Waals surface area contributed by atoms with E-state index in [-0.39, 0.29) is 30.3 Å². The monoisotopic (exact) mass is 353 g/mol. The molecule has 0 amide bonds. The molecule has 0 spiro atoms. The van der Waals surface area contributed by atoms with Gasteiger partial charge in [-0.25, -0.2) is 0 Å². The lowest BCUT2D eigenvalue weighted by Gasteiger charge is -2.37. The van der Waals surface area contributed by atoms with Crippen LogP contribution in [0.15, 0.2) is 18.2 Å². The van der Waals surface area contributed by atoms with Gasteiger partial charge < -0.3 is 5.11 Å². The fraction of sp³-hybridized carbons (Fsp3) is 0.625. The summed E-state index contributed by atoms with van der Waals surface area (Å²) in [5.74, 6) is 0. The smallest absolute Gasteiger partial charge is 0.393 e. The van der Waals surface area contributed by atoms with E-state index >= 15 is 0 Å². The molecule has 1 aromatic carbocycles. The van der Waals surface area contributed by atoms with E-state index in [1.165, 1.54) is 0 Å². The molecule has 8 heteroatoms. The maximum absolute atomic E-state index is 13.2. The van der Waals surface area contributed by atoms with Crippen LogP contribution in [0, 0.1) is 0 Å². The average Bonchev–Trinajstić information content (AvgIpc) is 2.68. The van der Waals surface area contributed by atoms with Crippen LogP contribution in [0.25, 0.3) is 0 Å². The fourth-order valence-electron chi connectivity index (χ4n) is 3.85. The highest BCUT2D eigenvalue weighted by Crippen LogP contribution is 2.41. The molecule has 24 heavy (non-hydrogen) atoms. The summed E-state index contributed by atoms with van der Waals surface area (Å²) in [5.41, 5.74) is -2.68. The van der Waals surface area contributed by atoms with Crippen LogP contribution >= 0.6 is 0 Å². The first-order valence-electron chi connectivity index (χ1n) is 7.77. The third-order valence-electron chi connectivity index (χ3n) is 4.95. The maximum Gasteiger partial charge on any atom is 0.416 e. The predicted molar refractivity (Wildman–Crippen MR) is 74.0 cm³/mol. The SMILES string of the molecule is OC1CC2CCC(C1)N2Cc1ccc(C(F)(F)F)cc1C(F)(F)F. The van der Waals surface area contributed by atoms with Crippen LogP contribution < -0.4 is 0 Å². The minimum atomic E-state index is -4.84. The minimum absolute atomic E-state index is 0.0119. The van der Waals surface area contributed by atoms with Crippen LogP contribution in [-0.4, -0.2) is 28.2 Å². The predicted octanol–water partition coefficient (Wildman–Crippen LogP) is 4.21. The first kappa shape index (κ1) is 17.5. The van der Waals surface area contributed by atoms with Gasteiger partial charge >= 0.3 is 12.4 Å². The van der Waals surface area contributed by atoms with Gasteiger partial charge in [-0.1, -0.05) is 6.07 Å².